The molecule has 170 valence electrons. The number of ether oxygens (including phenoxy) is 4. The average molecular weight is 447 g/mol. The van der Waals surface area contributed by atoms with Crippen LogP contribution in [0.4, 0.5) is 0 Å². The van der Waals surface area contributed by atoms with Crippen LogP contribution in [0.15, 0.2) is 30.3 Å². The number of hydrogen-bond acceptors (Lipinski definition) is 6. The third-order valence-corrected chi connectivity index (χ3v) is 10.1. The van der Waals surface area contributed by atoms with Crippen molar-refractivity contribution in [2.45, 2.75) is 45.3 Å². The van der Waals surface area contributed by atoms with E-state index in [1.807, 2.05) is 18.2 Å². The summed E-state index contributed by atoms with van der Waals surface area (Å²) < 4.78 is 28.0. The number of hydrogen-bond donors (Lipinski definition) is 0. The summed E-state index contributed by atoms with van der Waals surface area (Å²) in [5.41, 5.74) is 1.32. The molecule has 0 fully saturated rings. The number of rotatable bonds is 9. The van der Waals surface area contributed by atoms with Crippen molar-refractivity contribution in [1.29, 1.82) is 0 Å². The molecular weight excluding hydrogens is 412 g/mol. The summed E-state index contributed by atoms with van der Waals surface area (Å²) in [6.07, 6.45) is 0.205. The van der Waals surface area contributed by atoms with E-state index in [2.05, 4.69) is 33.9 Å². The quantitative estimate of drug-likeness (QED) is 0.373. The van der Waals surface area contributed by atoms with Crippen LogP contribution < -0.4 is 23.4 Å². The van der Waals surface area contributed by atoms with Crippen LogP contribution in [0.2, 0.25) is 18.1 Å². The zero-order chi connectivity index (χ0) is 23.4. The number of carbonyl (C=O) groups is 1. The molecule has 0 amide bonds. The van der Waals surface area contributed by atoms with E-state index in [-0.39, 0.29) is 17.2 Å². The Morgan fingerprint density at radius 1 is 0.806 bits per heavy atom. The molecule has 2 aromatic carbocycles. The van der Waals surface area contributed by atoms with Gasteiger partial charge in [0.15, 0.2) is 23.0 Å². The van der Waals surface area contributed by atoms with Crippen LogP contribution in [-0.4, -0.2) is 42.5 Å². The fourth-order valence-corrected chi connectivity index (χ4v) is 3.88. The van der Waals surface area contributed by atoms with Gasteiger partial charge in [0.1, 0.15) is 5.75 Å². The van der Waals surface area contributed by atoms with Gasteiger partial charge in [-0.15, -0.1) is 0 Å². The lowest BCUT2D eigenvalue weighted by atomic mass is 10.0. The first-order valence-electron chi connectivity index (χ1n) is 10.2. The Hall–Kier alpha value is -2.67. The number of methoxy groups -OCH3 is 4. The summed E-state index contributed by atoms with van der Waals surface area (Å²) in [6.45, 7) is 10.9. The first kappa shape index (κ1) is 24.6. The summed E-state index contributed by atoms with van der Waals surface area (Å²) in [7, 11) is 4.14. The van der Waals surface area contributed by atoms with Crippen molar-refractivity contribution in [3.63, 3.8) is 0 Å². The lowest BCUT2D eigenvalue weighted by Gasteiger charge is -2.36. The zero-order valence-corrected chi connectivity index (χ0v) is 21.0. The molecule has 0 saturated heterocycles. The van der Waals surface area contributed by atoms with Crippen molar-refractivity contribution >= 4 is 14.1 Å². The van der Waals surface area contributed by atoms with Crippen molar-refractivity contribution in [1.82, 2.24) is 0 Å². The van der Waals surface area contributed by atoms with Crippen molar-refractivity contribution in [2.75, 3.05) is 28.4 Å². The molecule has 31 heavy (non-hydrogen) atoms. The molecular formula is C24H34O6Si. The lowest BCUT2D eigenvalue weighted by Crippen LogP contribution is -2.43. The number of Topliss-reactive ketones (excluding diaryl/α,β-unsaturated/α-hetero) is 1. The molecule has 0 heterocycles. The highest BCUT2D eigenvalue weighted by Gasteiger charge is 2.39. The second-order valence-corrected chi connectivity index (χ2v) is 13.6. The Balaban J connectivity index is 2.36. The molecule has 0 saturated carbocycles. The van der Waals surface area contributed by atoms with Crippen LogP contribution in [0, 0.1) is 0 Å². The van der Waals surface area contributed by atoms with Gasteiger partial charge in [0, 0.05) is 12.0 Å². The minimum absolute atomic E-state index is 0.0417. The molecule has 7 heteroatoms. The van der Waals surface area contributed by atoms with Gasteiger partial charge in [0.25, 0.3) is 8.32 Å². The largest absolute Gasteiger partial charge is 0.541 e. The molecule has 0 aliphatic carbocycles. The summed E-state index contributed by atoms with van der Waals surface area (Å²) >= 11 is 0. The monoisotopic (exact) mass is 446 g/mol. The van der Waals surface area contributed by atoms with Crippen LogP contribution in [0.1, 0.15) is 36.7 Å². The fraction of sp³-hybridized carbons (Fsp3) is 0.458. The fourth-order valence-electron chi connectivity index (χ4n) is 2.87. The first-order chi connectivity index (χ1) is 14.5. The van der Waals surface area contributed by atoms with E-state index in [0.717, 1.165) is 5.56 Å². The Morgan fingerprint density at radius 2 is 1.35 bits per heavy atom. The Morgan fingerprint density at radius 3 is 1.81 bits per heavy atom. The molecule has 0 atom stereocenters. The molecule has 2 rings (SSSR count). The standard InChI is InChI=1S/C24H34O6Si/c1-24(2,3)31(8,9)30-20-13-16(10-11-19(20)26-4)12-18(25)17-14-21(27-5)23(29-7)22(15-17)28-6/h10-11,13-15H,12H2,1-9H3. The highest BCUT2D eigenvalue weighted by molar-refractivity contribution is 6.74. The van der Waals surface area contributed by atoms with E-state index in [1.165, 1.54) is 21.3 Å². The van der Waals surface area contributed by atoms with E-state index in [0.29, 0.717) is 34.3 Å². The zero-order valence-electron chi connectivity index (χ0n) is 20.0. The van der Waals surface area contributed by atoms with E-state index in [1.54, 1.807) is 19.2 Å². The van der Waals surface area contributed by atoms with Gasteiger partial charge >= 0.3 is 0 Å². The predicted octanol–water partition coefficient (Wildman–Crippen LogP) is 5.53. The first-order valence-corrected chi connectivity index (χ1v) is 13.1. The van der Waals surface area contributed by atoms with Crippen LogP contribution in [-0.2, 0) is 6.42 Å². The summed E-state index contributed by atoms with van der Waals surface area (Å²) in [5, 5.41) is 0.0417. The van der Waals surface area contributed by atoms with Gasteiger partial charge in [-0.1, -0.05) is 26.8 Å². The highest BCUT2D eigenvalue weighted by Crippen LogP contribution is 2.41. The van der Waals surface area contributed by atoms with Gasteiger partial charge in [-0.3, -0.25) is 4.79 Å². The van der Waals surface area contributed by atoms with Gasteiger partial charge in [-0.2, -0.15) is 0 Å². The SMILES string of the molecule is COc1ccc(CC(=O)c2cc(OC)c(OC)c(OC)c2)cc1O[Si](C)(C)C(C)(C)C. The molecule has 0 N–H and O–H groups in total. The van der Waals surface area contributed by atoms with Crippen LogP contribution in [0.3, 0.4) is 0 Å². The van der Waals surface area contributed by atoms with E-state index < -0.39 is 8.32 Å². The lowest BCUT2D eigenvalue weighted by molar-refractivity contribution is 0.0992. The summed E-state index contributed by atoms with van der Waals surface area (Å²) in [4.78, 5) is 13.0. The van der Waals surface area contributed by atoms with Crippen LogP contribution in [0.5, 0.6) is 28.7 Å². The smallest absolute Gasteiger partial charge is 0.250 e. The summed E-state index contributed by atoms with van der Waals surface area (Å²) in [5.74, 6) is 2.61. The molecule has 2 aromatic rings. The molecule has 0 aliphatic heterocycles. The minimum Gasteiger partial charge on any atom is -0.541 e. The maximum Gasteiger partial charge on any atom is 0.250 e. The predicted molar refractivity (Wildman–Crippen MR) is 125 cm³/mol. The van der Waals surface area contributed by atoms with Gasteiger partial charge in [0.2, 0.25) is 5.75 Å². The van der Waals surface area contributed by atoms with E-state index in [4.69, 9.17) is 23.4 Å². The van der Waals surface area contributed by atoms with Crippen molar-refractivity contribution in [3.05, 3.63) is 41.5 Å². The van der Waals surface area contributed by atoms with Crippen molar-refractivity contribution in [3.8, 4) is 28.7 Å². The van der Waals surface area contributed by atoms with Gasteiger partial charge in [-0.05, 0) is 48.0 Å². The maximum atomic E-state index is 13.0. The van der Waals surface area contributed by atoms with Crippen LogP contribution in [0.25, 0.3) is 0 Å². The Kier molecular flexibility index (Phi) is 7.65. The normalized spacial score (nSPS) is 11.6. The van der Waals surface area contributed by atoms with Gasteiger partial charge in [-0.25, -0.2) is 0 Å². The van der Waals surface area contributed by atoms with Gasteiger partial charge in [0.05, 0.1) is 28.4 Å². The summed E-state index contributed by atoms with van der Waals surface area (Å²) in [6, 6.07) is 8.96. The highest BCUT2D eigenvalue weighted by atomic mass is 28.4. The molecule has 0 unspecified atom stereocenters. The molecule has 6 nitrogen and oxygen atoms in total. The second kappa shape index (κ2) is 9.64. The third kappa shape index (κ3) is 5.52. The number of ketones is 1. The number of benzene rings is 2. The average Bonchev–Trinajstić information content (AvgIpc) is 2.71. The molecule has 0 spiro atoms. The van der Waals surface area contributed by atoms with Crippen molar-refractivity contribution < 1.29 is 28.2 Å². The van der Waals surface area contributed by atoms with E-state index in [9.17, 15) is 4.79 Å². The second-order valence-electron chi connectivity index (χ2n) is 8.86. The Labute approximate surface area is 186 Å². The minimum atomic E-state index is -2.07. The third-order valence-electron chi connectivity index (χ3n) is 5.75. The molecule has 0 aliphatic rings. The molecule has 0 aromatic heterocycles. The molecule has 0 bridgehead atoms. The maximum absolute atomic E-state index is 13.0. The van der Waals surface area contributed by atoms with E-state index >= 15 is 0 Å². The molecule has 0 radical (unpaired) electrons. The topological polar surface area (TPSA) is 63.2 Å². The van der Waals surface area contributed by atoms with Crippen LogP contribution >= 0.6 is 0 Å². The van der Waals surface area contributed by atoms with Gasteiger partial charge < -0.3 is 23.4 Å². The van der Waals surface area contributed by atoms with Crippen molar-refractivity contribution in [2.24, 2.45) is 0 Å². The Bertz CT molecular complexity index is 905. The number of carbonyl (C=O) groups excluding carboxylic acids is 1.